The molecule has 0 spiro atoms. The fourth-order valence-electron chi connectivity index (χ4n) is 1.56. The van der Waals surface area contributed by atoms with Crippen molar-refractivity contribution in [2.45, 2.75) is 13.0 Å². The number of oxime groups is 1. The molecule has 18 heavy (non-hydrogen) atoms. The highest BCUT2D eigenvalue weighted by Gasteiger charge is 2.16. The number of anilines is 1. The molecule has 0 saturated heterocycles. The largest absolute Gasteiger partial charge is 0.497 e. The second-order valence-electron chi connectivity index (χ2n) is 4.01. The molecule has 0 amide bonds. The Labute approximate surface area is 106 Å². The molecule has 0 aliphatic heterocycles. The Morgan fingerprint density at radius 2 is 2.22 bits per heavy atom. The van der Waals surface area contributed by atoms with Crippen LogP contribution in [0.15, 0.2) is 23.4 Å². The minimum absolute atomic E-state index is 0.00330. The summed E-state index contributed by atoms with van der Waals surface area (Å²) in [7, 11) is 3.39. The number of hydrogen-bond donors (Lipinski definition) is 3. The molecule has 0 aliphatic carbocycles. The van der Waals surface area contributed by atoms with Crippen molar-refractivity contribution in [2.24, 2.45) is 10.9 Å². The van der Waals surface area contributed by atoms with Gasteiger partial charge in [0.1, 0.15) is 5.75 Å². The van der Waals surface area contributed by atoms with Crippen LogP contribution < -0.4 is 15.4 Å². The number of ether oxygens (including phenoxy) is 1. The number of hydrogen-bond acceptors (Lipinski definition) is 5. The van der Waals surface area contributed by atoms with E-state index in [-0.39, 0.29) is 18.5 Å². The maximum atomic E-state index is 9.20. The average molecular weight is 253 g/mol. The summed E-state index contributed by atoms with van der Waals surface area (Å²) in [5, 5.41) is 21.0. The van der Waals surface area contributed by atoms with Crippen LogP contribution in [-0.2, 0) is 0 Å². The van der Waals surface area contributed by atoms with Gasteiger partial charge in [0, 0.05) is 24.7 Å². The van der Waals surface area contributed by atoms with Crippen molar-refractivity contribution >= 4 is 11.5 Å². The van der Waals surface area contributed by atoms with Gasteiger partial charge in [-0.1, -0.05) is 5.16 Å². The number of nitrogens with zero attached hydrogens (tertiary/aromatic N) is 2. The predicted molar refractivity (Wildman–Crippen MR) is 70.5 cm³/mol. The van der Waals surface area contributed by atoms with Gasteiger partial charge in [0.05, 0.1) is 19.4 Å². The van der Waals surface area contributed by atoms with E-state index in [1.807, 2.05) is 18.9 Å². The lowest BCUT2D eigenvalue weighted by molar-refractivity contribution is 0.270. The molecule has 1 rings (SSSR count). The number of methoxy groups -OCH3 is 1. The molecule has 0 radical (unpaired) electrons. The first kappa shape index (κ1) is 14.1. The van der Waals surface area contributed by atoms with Crippen LogP contribution in [0.4, 0.5) is 5.69 Å². The molecule has 1 aromatic carbocycles. The second kappa shape index (κ2) is 6.11. The Bertz CT molecular complexity index is 435. The van der Waals surface area contributed by atoms with Crippen LogP contribution in [0.2, 0.25) is 0 Å². The second-order valence-corrected chi connectivity index (χ2v) is 4.01. The van der Waals surface area contributed by atoms with E-state index in [0.717, 1.165) is 5.69 Å². The van der Waals surface area contributed by atoms with Crippen LogP contribution in [0, 0.1) is 0 Å². The molecule has 0 aliphatic rings. The first-order valence-electron chi connectivity index (χ1n) is 5.54. The van der Waals surface area contributed by atoms with E-state index in [4.69, 9.17) is 15.7 Å². The number of nitrogens with two attached hydrogens (primary N) is 1. The molecule has 0 heterocycles. The number of aliphatic hydroxyl groups is 1. The van der Waals surface area contributed by atoms with Crippen molar-refractivity contribution in [1.29, 1.82) is 0 Å². The lowest BCUT2D eigenvalue weighted by Crippen LogP contribution is -2.33. The SMILES string of the molecule is COc1ccc(/C(N)=N/O)c(N(C)C(C)CO)c1. The lowest BCUT2D eigenvalue weighted by Gasteiger charge is -2.27. The number of likely N-dealkylation sites (N-methyl/N-ethyl adjacent to an activating group) is 1. The normalized spacial score (nSPS) is 13.2. The summed E-state index contributed by atoms with van der Waals surface area (Å²) in [5.41, 5.74) is 6.95. The fraction of sp³-hybridized carbons (Fsp3) is 0.417. The minimum atomic E-state index is -0.0950. The van der Waals surface area contributed by atoms with Gasteiger partial charge in [-0.05, 0) is 19.1 Å². The summed E-state index contributed by atoms with van der Waals surface area (Å²) >= 11 is 0. The fourth-order valence-corrected chi connectivity index (χ4v) is 1.56. The van der Waals surface area contributed by atoms with Crippen molar-refractivity contribution in [3.8, 4) is 5.75 Å². The highest BCUT2D eigenvalue weighted by Crippen LogP contribution is 2.26. The van der Waals surface area contributed by atoms with Crippen molar-refractivity contribution in [1.82, 2.24) is 0 Å². The molecule has 4 N–H and O–H groups in total. The van der Waals surface area contributed by atoms with Gasteiger partial charge < -0.3 is 25.7 Å². The molecule has 1 aromatic rings. The first-order valence-corrected chi connectivity index (χ1v) is 5.54. The molecule has 0 fully saturated rings. The van der Waals surface area contributed by atoms with Gasteiger partial charge in [-0.2, -0.15) is 0 Å². The summed E-state index contributed by atoms with van der Waals surface area (Å²) in [6.07, 6.45) is 0. The number of aliphatic hydroxyl groups excluding tert-OH is 1. The zero-order valence-electron chi connectivity index (χ0n) is 10.8. The topological polar surface area (TPSA) is 91.3 Å². The summed E-state index contributed by atoms with van der Waals surface area (Å²) in [4.78, 5) is 1.84. The first-order chi connectivity index (χ1) is 8.54. The summed E-state index contributed by atoms with van der Waals surface area (Å²) < 4.78 is 5.15. The van der Waals surface area contributed by atoms with Crippen LogP contribution in [0.3, 0.4) is 0 Å². The minimum Gasteiger partial charge on any atom is -0.497 e. The number of rotatable bonds is 5. The molecule has 0 saturated carbocycles. The Kier molecular flexibility index (Phi) is 4.79. The zero-order chi connectivity index (χ0) is 13.7. The molecule has 0 bridgehead atoms. The van der Waals surface area contributed by atoms with Gasteiger partial charge in [0.15, 0.2) is 5.84 Å². The predicted octanol–water partition coefficient (Wildman–Crippen LogP) is 0.607. The molecule has 100 valence electrons. The Hall–Kier alpha value is -1.95. The van der Waals surface area contributed by atoms with Gasteiger partial charge >= 0.3 is 0 Å². The Balaban J connectivity index is 3.27. The van der Waals surface area contributed by atoms with E-state index in [2.05, 4.69) is 5.16 Å². The molecular weight excluding hydrogens is 234 g/mol. The molecule has 0 aromatic heterocycles. The quantitative estimate of drug-likeness (QED) is 0.309. The van der Waals surface area contributed by atoms with Crippen molar-refractivity contribution in [3.63, 3.8) is 0 Å². The standard InChI is InChI=1S/C12H19N3O3/c1-8(7-16)15(2)11-6-9(18-3)4-5-10(11)12(13)14-17/h4-6,8,16-17H,7H2,1-3H3,(H2,13,14). The third-order valence-electron chi connectivity index (χ3n) is 2.89. The van der Waals surface area contributed by atoms with Crippen molar-refractivity contribution < 1.29 is 15.1 Å². The average Bonchev–Trinajstić information content (AvgIpc) is 2.43. The third kappa shape index (κ3) is 2.84. The molecular formula is C12H19N3O3. The van der Waals surface area contributed by atoms with Gasteiger partial charge in [0.2, 0.25) is 0 Å². The van der Waals surface area contributed by atoms with E-state index < -0.39 is 0 Å². The van der Waals surface area contributed by atoms with Crippen LogP contribution in [0.5, 0.6) is 5.75 Å². The molecule has 1 unspecified atom stereocenters. The van der Waals surface area contributed by atoms with Gasteiger partial charge in [-0.15, -0.1) is 0 Å². The summed E-state index contributed by atoms with van der Waals surface area (Å²) in [5.74, 6) is 0.682. The van der Waals surface area contributed by atoms with Crippen LogP contribution in [-0.4, -0.2) is 43.0 Å². The monoisotopic (exact) mass is 253 g/mol. The van der Waals surface area contributed by atoms with Crippen LogP contribution in [0.25, 0.3) is 0 Å². The van der Waals surface area contributed by atoms with E-state index in [1.165, 1.54) is 0 Å². The smallest absolute Gasteiger partial charge is 0.172 e. The van der Waals surface area contributed by atoms with Crippen molar-refractivity contribution in [3.05, 3.63) is 23.8 Å². The van der Waals surface area contributed by atoms with E-state index in [1.54, 1.807) is 25.3 Å². The maximum absolute atomic E-state index is 9.20. The van der Waals surface area contributed by atoms with E-state index >= 15 is 0 Å². The summed E-state index contributed by atoms with van der Waals surface area (Å²) in [6, 6.07) is 5.12. The van der Waals surface area contributed by atoms with Gasteiger partial charge in [-0.3, -0.25) is 0 Å². The summed E-state index contributed by atoms with van der Waals surface area (Å²) in [6.45, 7) is 1.87. The number of benzene rings is 1. The number of amidine groups is 1. The Morgan fingerprint density at radius 3 is 2.72 bits per heavy atom. The molecule has 6 heteroatoms. The van der Waals surface area contributed by atoms with Crippen LogP contribution in [0.1, 0.15) is 12.5 Å². The lowest BCUT2D eigenvalue weighted by atomic mass is 10.1. The highest BCUT2D eigenvalue weighted by atomic mass is 16.5. The van der Waals surface area contributed by atoms with Crippen molar-refractivity contribution in [2.75, 3.05) is 25.7 Å². The zero-order valence-corrected chi connectivity index (χ0v) is 10.8. The molecule has 1 atom stereocenters. The van der Waals surface area contributed by atoms with Crippen LogP contribution >= 0.6 is 0 Å². The van der Waals surface area contributed by atoms with E-state index in [0.29, 0.717) is 11.3 Å². The highest BCUT2D eigenvalue weighted by molar-refractivity contribution is 6.02. The maximum Gasteiger partial charge on any atom is 0.172 e. The molecule has 6 nitrogen and oxygen atoms in total. The third-order valence-corrected chi connectivity index (χ3v) is 2.89. The van der Waals surface area contributed by atoms with E-state index in [9.17, 15) is 5.11 Å². The Morgan fingerprint density at radius 1 is 1.56 bits per heavy atom. The van der Waals surface area contributed by atoms with Gasteiger partial charge in [0.25, 0.3) is 0 Å². The van der Waals surface area contributed by atoms with Gasteiger partial charge in [-0.25, -0.2) is 0 Å².